The molecule has 0 aromatic heterocycles. The fourth-order valence-corrected chi connectivity index (χ4v) is 1.38. The first-order valence-electron chi connectivity index (χ1n) is 5.34. The van der Waals surface area contributed by atoms with Gasteiger partial charge in [0, 0.05) is 6.04 Å². The van der Waals surface area contributed by atoms with E-state index in [1.54, 1.807) is 6.07 Å². The van der Waals surface area contributed by atoms with Crippen molar-refractivity contribution in [3.63, 3.8) is 0 Å². The van der Waals surface area contributed by atoms with Crippen LogP contribution in [-0.2, 0) is 0 Å². The summed E-state index contributed by atoms with van der Waals surface area (Å²) in [6, 6.07) is 6.47. The lowest BCUT2D eigenvalue weighted by molar-refractivity contribution is 0.622. The molecule has 0 aliphatic rings. The van der Waals surface area contributed by atoms with Gasteiger partial charge in [-0.2, -0.15) is 0 Å². The first-order valence-corrected chi connectivity index (χ1v) is 5.34. The molecule has 1 unspecified atom stereocenters. The summed E-state index contributed by atoms with van der Waals surface area (Å²) in [5, 5.41) is 2.99. The highest BCUT2D eigenvalue weighted by molar-refractivity contribution is 5.78. The molecule has 88 valence electrons. The molecule has 0 bridgehead atoms. The van der Waals surface area contributed by atoms with Crippen LogP contribution in [0.1, 0.15) is 32.4 Å². The lowest BCUT2D eigenvalue weighted by atomic mass is 10.1. The lowest BCUT2D eigenvalue weighted by Crippen LogP contribution is -2.36. The van der Waals surface area contributed by atoms with Crippen LogP contribution in [-0.4, -0.2) is 12.0 Å². The lowest BCUT2D eigenvalue weighted by Gasteiger charge is -2.12. The highest BCUT2D eigenvalue weighted by atomic mass is 19.1. The Kier molecular flexibility index (Phi) is 4.28. The third-order valence-electron chi connectivity index (χ3n) is 2.10. The standard InChI is InChI=1S/C12H18FN3/c1-8(2)15-12(14)16-9(3)10-5-4-6-11(13)7-10/h4-9H,1-3H3,(H3,14,15,16). The van der Waals surface area contributed by atoms with Crippen LogP contribution in [0, 0.1) is 5.82 Å². The number of benzene rings is 1. The molecule has 1 aromatic rings. The maximum absolute atomic E-state index is 13.0. The van der Waals surface area contributed by atoms with E-state index in [0.29, 0.717) is 5.96 Å². The molecule has 1 atom stereocenters. The van der Waals surface area contributed by atoms with E-state index >= 15 is 0 Å². The molecule has 0 aliphatic carbocycles. The highest BCUT2D eigenvalue weighted by Crippen LogP contribution is 2.16. The van der Waals surface area contributed by atoms with Crippen molar-refractivity contribution < 1.29 is 4.39 Å². The van der Waals surface area contributed by atoms with E-state index in [1.165, 1.54) is 12.1 Å². The van der Waals surface area contributed by atoms with Crippen LogP contribution in [0.2, 0.25) is 0 Å². The van der Waals surface area contributed by atoms with Gasteiger partial charge in [-0.15, -0.1) is 0 Å². The molecule has 3 N–H and O–H groups in total. The van der Waals surface area contributed by atoms with Gasteiger partial charge in [-0.3, -0.25) is 0 Å². The molecule has 0 amide bonds. The summed E-state index contributed by atoms with van der Waals surface area (Å²) in [4.78, 5) is 4.25. The van der Waals surface area contributed by atoms with Crippen LogP contribution in [0.15, 0.2) is 29.3 Å². The fraction of sp³-hybridized carbons (Fsp3) is 0.417. The summed E-state index contributed by atoms with van der Waals surface area (Å²) in [6.45, 7) is 5.84. The summed E-state index contributed by atoms with van der Waals surface area (Å²) in [6.07, 6.45) is 0. The Morgan fingerprint density at radius 3 is 2.62 bits per heavy atom. The average molecular weight is 223 g/mol. The zero-order chi connectivity index (χ0) is 12.1. The molecular weight excluding hydrogens is 205 g/mol. The molecule has 3 nitrogen and oxygen atoms in total. The zero-order valence-corrected chi connectivity index (χ0v) is 9.87. The molecule has 16 heavy (non-hydrogen) atoms. The number of hydrogen-bond acceptors (Lipinski definition) is 1. The molecule has 0 saturated heterocycles. The van der Waals surface area contributed by atoms with E-state index in [1.807, 2.05) is 26.8 Å². The first-order chi connectivity index (χ1) is 7.49. The second-order valence-corrected chi connectivity index (χ2v) is 4.04. The van der Waals surface area contributed by atoms with E-state index in [-0.39, 0.29) is 17.9 Å². The molecule has 4 heteroatoms. The third kappa shape index (κ3) is 3.88. The molecule has 0 fully saturated rings. The largest absolute Gasteiger partial charge is 0.370 e. The first kappa shape index (κ1) is 12.5. The van der Waals surface area contributed by atoms with Gasteiger partial charge in [0.2, 0.25) is 0 Å². The summed E-state index contributed by atoms with van der Waals surface area (Å²) >= 11 is 0. The zero-order valence-electron chi connectivity index (χ0n) is 9.87. The van der Waals surface area contributed by atoms with Gasteiger partial charge in [-0.05, 0) is 38.5 Å². The third-order valence-corrected chi connectivity index (χ3v) is 2.10. The van der Waals surface area contributed by atoms with E-state index in [9.17, 15) is 4.39 Å². The van der Waals surface area contributed by atoms with Gasteiger partial charge in [0.05, 0.1) is 6.04 Å². The topological polar surface area (TPSA) is 50.4 Å². The minimum atomic E-state index is -0.255. The summed E-state index contributed by atoms with van der Waals surface area (Å²) in [5.41, 5.74) is 6.51. The van der Waals surface area contributed by atoms with Gasteiger partial charge in [-0.25, -0.2) is 9.38 Å². The molecule has 0 radical (unpaired) electrons. The van der Waals surface area contributed by atoms with Crippen molar-refractivity contribution in [2.24, 2.45) is 10.7 Å². The minimum absolute atomic E-state index is 0.151. The molecule has 0 spiro atoms. The van der Waals surface area contributed by atoms with Crippen molar-refractivity contribution in [3.8, 4) is 0 Å². The molecular formula is C12H18FN3. The SMILES string of the molecule is CC(C)NC(N)=NC(C)c1cccc(F)c1. The quantitative estimate of drug-likeness (QED) is 0.609. The Hall–Kier alpha value is -1.58. The van der Waals surface area contributed by atoms with Crippen LogP contribution >= 0.6 is 0 Å². The molecule has 0 heterocycles. The Labute approximate surface area is 95.6 Å². The van der Waals surface area contributed by atoms with Crippen LogP contribution in [0.4, 0.5) is 4.39 Å². The Bertz CT molecular complexity index is 374. The van der Waals surface area contributed by atoms with Crippen LogP contribution in [0.3, 0.4) is 0 Å². The van der Waals surface area contributed by atoms with Crippen molar-refractivity contribution in [2.75, 3.05) is 0 Å². The van der Waals surface area contributed by atoms with Crippen molar-refractivity contribution in [3.05, 3.63) is 35.6 Å². The molecule has 1 rings (SSSR count). The van der Waals surface area contributed by atoms with Crippen LogP contribution in [0.5, 0.6) is 0 Å². The summed E-state index contributed by atoms with van der Waals surface area (Å²) < 4.78 is 13.0. The molecule has 1 aromatic carbocycles. The number of rotatable bonds is 3. The summed E-state index contributed by atoms with van der Waals surface area (Å²) in [7, 11) is 0. The Balaban J connectivity index is 2.75. The fourth-order valence-electron chi connectivity index (χ4n) is 1.38. The minimum Gasteiger partial charge on any atom is -0.370 e. The van der Waals surface area contributed by atoms with Crippen LogP contribution < -0.4 is 11.1 Å². The highest BCUT2D eigenvalue weighted by Gasteiger charge is 2.05. The molecule has 0 aliphatic heterocycles. The van der Waals surface area contributed by atoms with E-state index in [0.717, 1.165) is 5.56 Å². The average Bonchev–Trinajstić information content (AvgIpc) is 2.16. The van der Waals surface area contributed by atoms with Crippen molar-refractivity contribution >= 4 is 5.96 Å². The summed E-state index contributed by atoms with van der Waals surface area (Å²) in [5.74, 6) is 0.127. The second-order valence-electron chi connectivity index (χ2n) is 4.04. The number of nitrogens with two attached hydrogens (primary N) is 1. The van der Waals surface area contributed by atoms with Gasteiger partial charge in [-0.1, -0.05) is 12.1 Å². The monoisotopic (exact) mass is 223 g/mol. The number of nitrogens with zero attached hydrogens (tertiary/aromatic N) is 1. The number of nitrogens with one attached hydrogen (secondary N) is 1. The van der Waals surface area contributed by atoms with Gasteiger partial charge >= 0.3 is 0 Å². The van der Waals surface area contributed by atoms with Gasteiger partial charge in [0.1, 0.15) is 5.82 Å². The van der Waals surface area contributed by atoms with Crippen molar-refractivity contribution in [1.82, 2.24) is 5.32 Å². The Morgan fingerprint density at radius 2 is 2.06 bits per heavy atom. The van der Waals surface area contributed by atoms with E-state index < -0.39 is 0 Å². The predicted octanol–water partition coefficient (Wildman–Crippen LogP) is 2.20. The van der Waals surface area contributed by atoms with Gasteiger partial charge in [0.25, 0.3) is 0 Å². The van der Waals surface area contributed by atoms with E-state index in [4.69, 9.17) is 5.73 Å². The number of aliphatic imine (C=N–C) groups is 1. The molecule has 0 saturated carbocycles. The maximum atomic E-state index is 13.0. The smallest absolute Gasteiger partial charge is 0.189 e. The predicted molar refractivity (Wildman–Crippen MR) is 64.7 cm³/mol. The van der Waals surface area contributed by atoms with Crippen LogP contribution in [0.25, 0.3) is 0 Å². The van der Waals surface area contributed by atoms with Gasteiger partial charge in [0.15, 0.2) is 5.96 Å². The normalized spacial score (nSPS) is 13.9. The number of halogens is 1. The number of hydrogen-bond donors (Lipinski definition) is 2. The Morgan fingerprint density at radius 1 is 1.38 bits per heavy atom. The van der Waals surface area contributed by atoms with E-state index in [2.05, 4.69) is 10.3 Å². The van der Waals surface area contributed by atoms with Crippen molar-refractivity contribution in [2.45, 2.75) is 32.9 Å². The van der Waals surface area contributed by atoms with Gasteiger partial charge < -0.3 is 11.1 Å². The maximum Gasteiger partial charge on any atom is 0.189 e. The second kappa shape index (κ2) is 5.49. The number of guanidine groups is 1. The van der Waals surface area contributed by atoms with Crippen molar-refractivity contribution in [1.29, 1.82) is 0 Å².